The van der Waals surface area contributed by atoms with Crippen LogP contribution in [0.25, 0.3) is 0 Å². The molecule has 0 amide bonds. The lowest BCUT2D eigenvalue weighted by molar-refractivity contribution is 0.580. The highest BCUT2D eigenvalue weighted by Gasteiger charge is 2.10. The fourth-order valence-corrected chi connectivity index (χ4v) is 2.94. The minimum atomic E-state index is -3.20. The first-order valence-corrected chi connectivity index (χ1v) is 8.57. The Morgan fingerprint density at radius 1 is 1.00 bits per heavy atom. The van der Waals surface area contributed by atoms with Gasteiger partial charge in [0.05, 0.1) is 10.6 Å². The van der Waals surface area contributed by atoms with Crippen molar-refractivity contribution in [1.29, 1.82) is 0 Å². The Bertz CT molecular complexity index is 723. The van der Waals surface area contributed by atoms with Crippen LogP contribution in [0.1, 0.15) is 12.5 Å². The van der Waals surface area contributed by atoms with E-state index in [1.54, 1.807) is 31.2 Å². The van der Waals surface area contributed by atoms with Crippen LogP contribution in [-0.2, 0) is 16.3 Å². The van der Waals surface area contributed by atoms with Gasteiger partial charge in [0.25, 0.3) is 0 Å². The van der Waals surface area contributed by atoms with E-state index in [1.807, 2.05) is 0 Å². The van der Waals surface area contributed by atoms with Gasteiger partial charge in [-0.15, -0.1) is 0 Å². The van der Waals surface area contributed by atoms with Crippen LogP contribution in [-0.4, -0.2) is 20.7 Å². The van der Waals surface area contributed by atoms with Gasteiger partial charge < -0.3 is 5.32 Å². The molecule has 0 saturated heterocycles. The second-order valence-electron chi connectivity index (χ2n) is 4.88. The molecule has 0 aromatic heterocycles. The lowest BCUT2D eigenvalue weighted by Gasteiger charge is -2.08. The van der Waals surface area contributed by atoms with Gasteiger partial charge in [-0.25, -0.2) is 17.2 Å². The Morgan fingerprint density at radius 2 is 1.59 bits per heavy atom. The first kappa shape index (κ1) is 16.4. The number of nitrogens with one attached hydrogen (secondary N) is 1. The molecular formula is C16H17F2NO2S. The van der Waals surface area contributed by atoms with Crippen molar-refractivity contribution < 1.29 is 17.2 Å². The summed E-state index contributed by atoms with van der Waals surface area (Å²) >= 11 is 0. The van der Waals surface area contributed by atoms with Gasteiger partial charge >= 0.3 is 0 Å². The molecule has 0 fully saturated rings. The summed E-state index contributed by atoms with van der Waals surface area (Å²) in [6.07, 6.45) is 0.462. The molecular weight excluding hydrogens is 308 g/mol. The van der Waals surface area contributed by atoms with Crippen LogP contribution in [0.2, 0.25) is 0 Å². The third-order valence-electron chi connectivity index (χ3n) is 3.26. The minimum Gasteiger partial charge on any atom is -0.385 e. The molecule has 0 radical (unpaired) electrons. The van der Waals surface area contributed by atoms with Crippen LogP contribution in [0, 0.1) is 11.6 Å². The number of hydrogen-bond donors (Lipinski definition) is 1. The normalized spacial score (nSPS) is 11.4. The molecule has 0 heterocycles. The SMILES string of the molecule is CCS(=O)(=O)c1ccc(NCCc2cc(F)cc(F)c2)cc1. The Hall–Kier alpha value is -1.95. The maximum atomic E-state index is 13.1. The number of benzene rings is 2. The lowest BCUT2D eigenvalue weighted by Crippen LogP contribution is -2.06. The highest BCUT2D eigenvalue weighted by molar-refractivity contribution is 7.91. The van der Waals surface area contributed by atoms with E-state index >= 15 is 0 Å². The first-order chi connectivity index (χ1) is 10.4. The Labute approximate surface area is 128 Å². The van der Waals surface area contributed by atoms with E-state index in [4.69, 9.17) is 0 Å². The van der Waals surface area contributed by atoms with Crippen molar-refractivity contribution in [2.45, 2.75) is 18.2 Å². The standard InChI is InChI=1S/C16H17F2NO2S/c1-2-22(20,21)16-5-3-15(4-6-16)19-8-7-12-9-13(17)11-14(18)10-12/h3-6,9-11,19H,2,7-8H2,1H3. The molecule has 2 aromatic carbocycles. The second-order valence-corrected chi connectivity index (χ2v) is 7.16. The van der Waals surface area contributed by atoms with Crippen LogP contribution < -0.4 is 5.32 Å². The summed E-state index contributed by atoms with van der Waals surface area (Å²) in [7, 11) is -3.20. The van der Waals surface area contributed by atoms with Gasteiger partial charge in [-0.1, -0.05) is 6.92 Å². The van der Waals surface area contributed by atoms with Gasteiger partial charge in [0.1, 0.15) is 11.6 Å². The molecule has 22 heavy (non-hydrogen) atoms. The summed E-state index contributed by atoms with van der Waals surface area (Å²) in [5.41, 5.74) is 1.32. The minimum absolute atomic E-state index is 0.0604. The average Bonchev–Trinajstić information content (AvgIpc) is 2.47. The molecule has 0 unspecified atom stereocenters. The highest BCUT2D eigenvalue weighted by Crippen LogP contribution is 2.15. The Kier molecular flexibility index (Phi) is 5.13. The quantitative estimate of drug-likeness (QED) is 0.885. The summed E-state index contributed by atoms with van der Waals surface area (Å²) in [6.45, 7) is 2.09. The fraction of sp³-hybridized carbons (Fsp3) is 0.250. The number of rotatable bonds is 6. The van der Waals surface area contributed by atoms with Gasteiger partial charge in [0, 0.05) is 18.3 Å². The van der Waals surface area contributed by atoms with Crippen LogP contribution in [0.15, 0.2) is 47.4 Å². The summed E-state index contributed by atoms with van der Waals surface area (Å²) in [5.74, 6) is -1.13. The highest BCUT2D eigenvalue weighted by atomic mass is 32.2. The van der Waals surface area contributed by atoms with E-state index in [9.17, 15) is 17.2 Å². The molecule has 0 aliphatic heterocycles. The molecule has 1 N–H and O–H groups in total. The van der Waals surface area contributed by atoms with E-state index < -0.39 is 21.5 Å². The topological polar surface area (TPSA) is 46.2 Å². The van der Waals surface area contributed by atoms with Crippen molar-refractivity contribution in [3.63, 3.8) is 0 Å². The molecule has 118 valence electrons. The molecule has 2 rings (SSSR count). The van der Waals surface area contributed by atoms with Crippen LogP contribution in [0.3, 0.4) is 0 Å². The molecule has 0 aliphatic rings. The summed E-state index contributed by atoms with van der Waals surface area (Å²) in [6, 6.07) is 9.86. The summed E-state index contributed by atoms with van der Waals surface area (Å²) < 4.78 is 49.5. The maximum absolute atomic E-state index is 13.1. The zero-order valence-corrected chi connectivity index (χ0v) is 13.0. The predicted octanol–water partition coefficient (Wildman–Crippen LogP) is 3.41. The number of hydrogen-bond acceptors (Lipinski definition) is 3. The molecule has 0 spiro atoms. The van der Waals surface area contributed by atoms with Crippen molar-refractivity contribution in [1.82, 2.24) is 0 Å². The number of halogens is 2. The lowest BCUT2D eigenvalue weighted by atomic mass is 10.1. The van der Waals surface area contributed by atoms with Crippen LogP contribution >= 0.6 is 0 Å². The molecule has 3 nitrogen and oxygen atoms in total. The third kappa shape index (κ3) is 4.27. The van der Waals surface area contributed by atoms with Crippen LogP contribution in [0.4, 0.5) is 14.5 Å². The van der Waals surface area contributed by atoms with Gasteiger partial charge in [-0.3, -0.25) is 0 Å². The summed E-state index contributed by atoms with van der Waals surface area (Å²) in [4.78, 5) is 0.285. The van der Waals surface area contributed by atoms with E-state index in [0.717, 1.165) is 11.8 Å². The van der Waals surface area contributed by atoms with E-state index in [0.29, 0.717) is 18.5 Å². The first-order valence-electron chi connectivity index (χ1n) is 6.92. The molecule has 6 heteroatoms. The van der Waals surface area contributed by atoms with Gasteiger partial charge in [-0.05, 0) is 48.4 Å². The van der Waals surface area contributed by atoms with Gasteiger partial charge in [-0.2, -0.15) is 0 Å². The van der Waals surface area contributed by atoms with Crippen molar-refractivity contribution in [2.24, 2.45) is 0 Å². The second kappa shape index (κ2) is 6.87. The van der Waals surface area contributed by atoms with E-state index in [1.165, 1.54) is 12.1 Å². The van der Waals surface area contributed by atoms with Crippen molar-refractivity contribution in [3.05, 3.63) is 59.7 Å². The monoisotopic (exact) mass is 325 g/mol. The zero-order chi connectivity index (χ0) is 16.2. The van der Waals surface area contributed by atoms with E-state index in [-0.39, 0.29) is 10.6 Å². The zero-order valence-electron chi connectivity index (χ0n) is 12.1. The molecule has 0 aliphatic carbocycles. The van der Waals surface area contributed by atoms with E-state index in [2.05, 4.69) is 5.32 Å². The molecule has 0 saturated carbocycles. The van der Waals surface area contributed by atoms with Crippen molar-refractivity contribution >= 4 is 15.5 Å². The molecule has 0 atom stereocenters. The summed E-state index contributed by atoms with van der Waals surface area (Å²) in [5, 5.41) is 3.09. The molecule has 0 bridgehead atoms. The van der Waals surface area contributed by atoms with Crippen molar-refractivity contribution in [2.75, 3.05) is 17.6 Å². The fourth-order valence-electron chi connectivity index (χ4n) is 2.05. The predicted molar refractivity (Wildman–Crippen MR) is 82.7 cm³/mol. The number of anilines is 1. The largest absolute Gasteiger partial charge is 0.385 e. The molecule has 2 aromatic rings. The Morgan fingerprint density at radius 3 is 2.14 bits per heavy atom. The van der Waals surface area contributed by atoms with Crippen LogP contribution in [0.5, 0.6) is 0 Å². The maximum Gasteiger partial charge on any atom is 0.178 e. The number of sulfone groups is 1. The average molecular weight is 325 g/mol. The van der Waals surface area contributed by atoms with Gasteiger partial charge in [0.2, 0.25) is 0 Å². The smallest absolute Gasteiger partial charge is 0.178 e. The Balaban J connectivity index is 1.95. The van der Waals surface area contributed by atoms with Crippen molar-refractivity contribution in [3.8, 4) is 0 Å². The third-order valence-corrected chi connectivity index (χ3v) is 5.01. The van der Waals surface area contributed by atoms with Gasteiger partial charge in [0.15, 0.2) is 9.84 Å².